The molecule has 2 aliphatic rings. The molecule has 1 saturated carbocycles. The van der Waals surface area contributed by atoms with E-state index < -0.39 is 0 Å². The Morgan fingerprint density at radius 1 is 1.47 bits per heavy atom. The first-order chi connectivity index (χ1) is 8.26. The Kier molecular flexibility index (Phi) is 2.44. The minimum atomic E-state index is -0.196. The van der Waals surface area contributed by atoms with Crippen molar-refractivity contribution in [2.24, 2.45) is 5.92 Å². The van der Waals surface area contributed by atoms with Gasteiger partial charge in [-0.3, -0.25) is 4.79 Å². The van der Waals surface area contributed by atoms with Crippen LogP contribution in [0.5, 0.6) is 0 Å². The highest BCUT2D eigenvalue weighted by molar-refractivity contribution is 5.73. The lowest BCUT2D eigenvalue weighted by Gasteiger charge is -2.14. The molecule has 1 saturated heterocycles. The zero-order valence-electron chi connectivity index (χ0n) is 9.89. The van der Waals surface area contributed by atoms with Crippen LogP contribution in [0, 0.1) is 5.92 Å². The molecule has 3 heteroatoms. The van der Waals surface area contributed by atoms with Crippen LogP contribution in [0.15, 0.2) is 30.3 Å². The molecule has 1 aliphatic heterocycles. The fraction of sp³-hybridized carbons (Fsp3) is 0.500. The van der Waals surface area contributed by atoms with Crippen LogP contribution in [0.4, 0.5) is 0 Å². The average Bonchev–Trinajstić information content (AvgIpc) is 2.94. The van der Waals surface area contributed by atoms with Crippen LogP contribution >= 0.6 is 0 Å². The summed E-state index contributed by atoms with van der Waals surface area (Å²) < 4.78 is 10.9. The highest BCUT2D eigenvalue weighted by Crippen LogP contribution is 2.59. The van der Waals surface area contributed by atoms with Crippen molar-refractivity contribution in [1.29, 1.82) is 0 Å². The minimum Gasteiger partial charge on any atom is -0.466 e. The van der Waals surface area contributed by atoms with Gasteiger partial charge in [0.25, 0.3) is 0 Å². The largest absolute Gasteiger partial charge is 0.466 e. The summed E-state index contributed by atoms with van der Waals surface area (Å²) in [5.74, 6) is -0.0625. The van der Waals surface area contributed by atoms with Crippen molar-refractivity contribution in [3.05, 3.63) is 35.9 Å². The van der Waals surface area contributed by atoms with Crippen LogP contribution in [0.25, 0.3) is 0 Å². The van der Waals surface area contributed by atoms with Gasteiger partial charge in [0.2, 0.25) is 0 Å². The molecule has 3 atom stereocenters. The molecule has 17 heavy (non-hydrogen) atoms. The lowest BCUT2D eigenvalue weighted by molar-refractivity contribution is -0.149. The second-order valence-corrected chi connectivity index (χ2v) is 4.75. The van der Waals surface area contributed by atoms with Crippen molar-refractivity contribution < 1.29 is 14.3 Å². The maximum absolute atomic E-state index is 11.7. The molecule has 0 bridgehead atoms. The van der Waals surface area contributed by atoms with E-state index in [0.29, 0.717) is 6.61 Å². The highest BCUT2D eigenvalue weighted by atomic mass is 16.6. The SMILES string of the molecule is CCOC(=O)[C@@H]1C[C@H]2O[C@@]2(c2ccccc2)C1. The normalized spacial score (nSPS) is 34.2. The van der Waals surface area contributed by atoms with Gasteiger partial charge in [-0.05, 0) is 25.3 Å². The van der Waals surface area contributed by atoms with Crippen LogP contribution in [-0.4, -0.2) is 18.7 Å². The van der Waals surface area contributed by atoms with E-state index in [1.165, 1.54) is 5.56 Å². The maximum Gasteiger partial charge on any atom is 0.309 e. The fourth-order valence-corrected chi connectivity index (χ4v) is 2.88. The maximum atomic E-state index is 11.7. The topological polar surface area (TPSA) is 38.8 Å². The number of esters is 1. The molecular weight excluding hydrogens is 216 g/mol. The summed E-state index contributed by atoms with van der Waals surface area (Å²) in [6.07, 6.45) is 1.77. The molecule has 0 aromatic heterocycles. The first-order valence-electron chi connectivity index (χ1n) is 6.16. The summed E-state index contributed by atoms with van der Waals surface area (Å²) in [6.45, 7) is 2.30. The summed E-state index contributed by atoms with van der Waals surface area (Å²) in [5.41, 5.74) is 0.996. The number of rotatable bonds is 3. The number of carbonyl (C=O) groups is 1. The third-order valence-electron chi connectivity index (χ3n) is 3.75. The standard InChI is InChI=1S/C14H16O3/c1-2-16-13(15)10-8-12-14(9-10,17-12)11-6-4-3-5-7-11/h3-7,10,12H,2,8-9H2,1H3/t10-,12-,14-/m1/s1. The van der Waals surface area contributed by atoms with E-state index in [2.05, 4.69) is 12.1 Å². The zero-order chi connectivity index (χ0) is 11.9. The van der Waals surface area contributed by atoms with Gasteiger partial charge in [0.05, 0.1) is 18.6 Å². The molecule has 3 nitrogen and oxygen atoms in total. The number of epoxide rings is 1. The van der Waals surface area contributed by atoms with Crippen LogP contribution < -0.4 is 0 Å². The second-order valence-electron chi connectivity index (χ2n) is 4.75. The molecule has 0 amide bonds. The van der Waals surface area contributed by atoms with E-state index in [9.17, 15) is 4.79 Å². The summed E-state index contributed by atoms with van der Waals surface area (Å²) in [5, 5.41) is 0. The van der Waals surface area contributed by atoms with Crippen LogP contribution in [0.3, 0.4) is 0 Å². The monoisotopic (exact) mass is 232 g/mol. The first kappa shape index (κ1) is 10.8. The number of ether oxygens (including phenoxy) is 2. The predicted octanol–water partition coefficient (Wildman–Crippen LogP) is 2.25. The van der Waals surface area contributed by atoms with Crippen molar-refractivity contribution in [3.8, 4) is 0 Å². The molecule has 3 rings (SSSR count). The minimum absolute atomic E-state index is 0.00825. The van der Waals surface area contributed by atoms with Gasteiger partial charge in [0, 0.05) is 0 Å². The van der Waals surface area contributed by atoms with Gasteiger partial charge in [0.15, 0.2) is 0 Å². The Bertz CT molecular complexity index is 428. The summed E-state index contributed by atoms with van der Waals surface area (Å²) in [6, 6.07) is 10.2. The number of hydrogen-bond acceptors (Lipinski definition) is 3. The van der Waals surface area contributed by atoms with Gasteiger partial charge < -0.3 is 9.47 Å². The van der Waals surface area contributed by atoms with Gasteiger partial charge in [-0.25, -0.2) is 0 Å². The van der Waals surface area contributed by atoms with Crippen molar-refractivity contribution >= 4 is 5.97 Å². The second kappa shape index (κ2) is 3.84. The van der Waals surface area contributed by atoms with E-state index in [1.54, 1.807) is 0 Å². The molecule has 1 aromatic carbocycles. The Hall–Kier alpha value is -1.35. The van der Waals surface area contributed by atoms with Crippen LogP contribution in [-0.2, 0) is 19.9 Å². The lowest BCUT2D eigenvalue weighted by atomic mass is 9.95. The van der Waals surface area contributed by atoms with Crippen LogP contribution in [0.2, 0.25) is 0 Å². The van der Waals surface area contributed by atoms with E-state index in [-0.39, 0.29) is 23.6 Å². The van der Waals surface area contributed by atoms with E-state index >= 15 is 0 Å². The van der Waals surface area contributed by atoms with E-state index in [0.717, 1.165) is 12.8 Å². The Morgan fingerprint density at radius 3 is 2.94 bits per heavy atom. The van der Waals surface area contributed by atoms with Gasteiger partial charge in [-0.15, -0.1) is 0 Å². The zero-order valence-corrected chi connectivity index (χ0v) is 9.89. The van der Waals surface area contributed by atoms with E-state index in [1.807, 2.05) is 25.1 Å². The van der Waals surface area contributed by atoms with Crippen molar-refractivity contribution in [3.63, 3.8) is 0 Å². The van der Waals surface area contributed by atoms with Gasteiger partial charge >= 0.3 is 5.97 Å². The predicted molar refractivity (Wildman–Crippen MR) is 62.4 cm³/mol. The van der Waals surface area contributed by atoms with Gasteiger partial charge in [-0.2, -0.15) is 0 Å². The lowest BCUT2D eigenvalue weighted by Crippen LogP contribution is -2.19. The van der Waals surface area contributed by atoms with E-state index in [4.69, 9.17) is 9.47 Å². The molecule has 90 valence electrons. The molecule has 1 aromatic rings. The Labute approximate surface area is 101 Å². The summed E-state index contributed by atoms with van der Waals surface area (Å²) in [7, 11) is 0. The summed E-state index contributed by atoms with van der Waals surface area (Å²) >= 11 is 0. The Morgan fingerprint density at radius 2 is 2.24 bits per heavy atom. The number of fused-ring (bicyclic) bond motifs is 1. The quantitative estimate of drug-likeness (QED) is 0.592. The molecule has 0 unspecified atom stereocenters. The molecule has 0 spiro atoms. The summed E-state index contributed by atoms with van der Waals surface area (Å²) in [4.78, 5) is 11.7. The highest BCUT2D eigenvalue weighted by Gasteiger charge is 2.64. The van der Waals surface area contributed by atoms with Gasteiger partial charge in [0.1, 0.15) is 5.60 Å². The molecular formula is C14H16O3. The molecule has 0 radical (unpaired) electrons. The average molecular weight is 232 g/mol. The molecule has 1 heterocycles. The number of hydrogen-bond donors (Lipinski definition) is 0. The molecule has 0 N–H and O–H groups in total. The van der Waals surface area contributed by atoms with Crippen molar-refractivity contribution in [2.45, 2.75) is 31.5 Å². The smallest absolute Gasteiger partial charge is 0.309 e. The van der Waals surface area contributed by atoms with Crippen molar-refractivity contribution in [1.82, 2.24) is 0 Å². The molecule has 1 aliphatic carbocycles. The first-order valence-corrected chi connectivity index (χ1v) is 6.16. The number of benzene rings is 1. The third kappa shape index (κ3) is 1.65. The Balaban J connectivity index is 1.75. The third-order valence-corrected chi connectivity index (χ3v) is 3.75. The molecule has 2 fully saturated rings. The number of carbonyl (C=O) groups excluding carboxylic acids is 1. The van der Waals surface area contributed by atoms with Gasteiger partial charge in [-0.1, -0.05) is 30.3 Å². The fourth-order valence-electron chi connectivity index (χ4n) is 2.88. The van der Waals surface area contributed by atoms with Crippen molar-refractivity contribution in [2.75, 3.05) is 6.61 Å². The van der Waals surface area contributed by atoms with Crippen LogP contribution in [0.1, 0.15) is 25.3 Å².